The maximum Gasteiger partial charge on any atom is 0.0158 e. The third-order valence-corrected chi connectivity index (χ3v) is 8.16. The molecule has 0 aliphatic carbocycles. The van der Waals surface area contributed by atoms with E-state index in [2.05, 4.69) is 79.0 Å². The minimum atomic E-state index is 0.310. The van der Waals surface area contributed by atoms with Gasteiger partial charge >= 0.3 is 0 Å². The summed E-state index contributed by atoms with van der Waals surface area (Å²) in [4.78, 5) is 5.51. The average molecular weight is 379 g/mol. The second kappa shape index (κ2) is 8.34. The van der Waals surface area contributed by atoms with Crippen LogP contribution in [0.1, 0.15) is 101 Å². The van der Waals surface area contributed by atoms with Crippen LogP contribution >= 0.6 is 0 Å². The van der Waals surface area contributed by atoms with Crippen molar-refractivity contribution in [3.8, 4) is 0 Å². The maximum atomic E-state index is 2.81. The summed E-state index contributed by atoms with van der Waals surface area (Å²) in [6, 6.07) is 1.42. The molecule has 0 aromatic heterocycles. The zero-order valence-corrected chi connectivity index (χ0v) is 20.4. The van der Waals surface area contributed by atoms with Crippen LogP contribution in [0.15, 0.2) is 0 Å². The lowest BCUT2D eigenvalue weighted by atomic mass is 9.66. The van der Waals surface area contributed by atoms with Gasteiger partial charge in [-0.05, 0) is 109 Å². The highest BCUT2D eigenvalue weighted by atomic mass is 15.2. The lowest BCUT2D eigenvalue weighted by molar-refractivity contribution is -0.0144. The summed E-state index contributed by atoms with van der Waals surface area (Å²) in [5, 5.41) is 0. The molecule has 2 heterocycles. The summed E-state index contributed by atoms with van der Waals surface area (Å²) in [6.07, 6.45) is 6.80. The van der Waals surface area contributed by atoms with Crippen molar-refractivity contribution in [1.82, 2.24) is 9.80 Å². The van der Waals surface area contributed by atoms with Gasteiger partial charge < -0.3 is 0 Å². The van der Waals surface area contributed by atoms with E-state index in [1.54, 1.807) is 0 Å². The van der Waals surface area contributed by atoms with Crippen molar-refractivity contribution in [3.05, 3.63) is 0 Å². The van der Waals surface area contributed by atoms with Crippen LogP contribution in [0.3, 0.4) is 0 Å². The Morgan fingerprint density at radius 1 is 0.815 bits per heavy atom. The van der Waals surface area contributed by atoms with E-state index < -0.39 is 0 Å². The first kappa shape index (κ1) is 23.2. The van der Waals surface area contributed by atoms with Crippen molar-refractivity contribution in [3.63, 3.8) is 0 Å². The Morgan fingerprint density at radius 3 is 1.78 bits per heavy atom. The van der Waals surface area contributed by atoms with Crippen molar-refractivity contribution in [2.24, 2.45) is 22.7 Å². The van der Waals surface area contributed by atoms with Crippen LogP contribution in [0.25, 0.3) is 0 Å². The molecule has 2 nitrogen and oxygen atoms in total. The monoisotopic (exact) mass is 378 g/mol. The fourth-order valence-corrected chi connectivity index (χ4v) is 6.39. The Morgan fingerprint density at radius 2 is 1.33 bits per heavy atom. The molecule has 27 heavy (non-hydrogen) atoms. The molecule has 2 fully saturated rings. The molecule has 0 aromatic rings. The largest absolute Gasteiger partial charge is 0.298 e. The quantitative estimate of drug-likeness (QED) is 0.542. The van der Waals surface area contributed by atoms with Gasteiger partial charge in [-0.15, -0.1) is 0 Å². The predicted octanol–water partition coefficient (Wildman–Crippen LogP) is 6.45. The van der Waals surface area contributed by atoms with Crippen molar-refractivity contribution >= 4 is 0 Å². The first-order valence-electron chi connectivity index (χ1n) is 11.7. The van der Waals surface area contributed by atoms with E-state index in [1.807, 2.05) is 0 Å². The minimum absolute atomic E-state index is 0.310. The highest BCUT2D eigenvalue weighted by Gasteiger charge is 2.42. The van der Waals surface area contributed by atoms with E-state index in [9.17, 15) is 0 Å². The van der Waals surface area contributed by atoms with Gasteiger partial charge in [0.1, 0.15) is 0 Å². The number of hydrogen-bond acceptors (Lipinski definition) is 2. The third-order valence-electron chi connectivity index (χ3n) is 8.16. The summed E-state index contributed by atoms with van der Waals surface area (Å²) in [7, 11) is 0. The van der Waals surface area contributed by atoms with Gasteiger partial charge in [-0.25, -0.2) is 0 Å². The molecule has 0 N–H and O–H groups in total. The molecule has 0 amide bonds. The topological polar surface area (TPSA) is 6.48 Å². The molecule has 0 saturated carbocycles. The van der Waals surface area contributed by atoms with Crippen LogP contribution < -0.4 is 0 Å². The highest BCUT2D eigenvalue weighted by Crippen LogP contribution is 2.45. The second-order valence-electron chi connectivity index (χ2n) is 12.5. The second-order valence-corrected chi connectivity index (χ2v) is 12.5. The number of rotatable bonds is 5. The Kier molecular flexibility index (Phi) is 7.17. The Bertz CT molecular complexity index is 463. The Balaban J connectivity index is 1.96. The van der Waals surface area contributed by atoms with Gasteiger partial charge in [0.25, 0.3) is 0 Å². The lowest BCUT2D eigenvalue weighted by Gasteiger charge is -2.51. The van der Waals surface area contributed by atoms with Crippen LogP contribution in [0.4, 0.5) is 0 Å². The van der Waals surface area contributed by atoms with Crippen LogP contribution in [-0.2, 0) is 0 Å². The SMILES string of the molecule is CC(C)N1CCC(C(C)(C)CC(C)(C)N2CCC(C(C)(C)C)CC2)CC1C. The molecule has 2 saturated heterocycles. The number of hydrogen-bond donors (Lipinski definition) is 0. The smallest absolute Gasteiger partial charge is 0.0158 e. The Labute approximate surface area is 171 Å². The normalized spacial score (nSPS) is 28.1. The van der Waals surface area contributed by atoms with Gasteiger partial charge in [-0.2, -0.15) is 0 Å². The highest BCUT2D eigenvalue weighted by molar-refractivity contribution is 4.96. The lowest BCUT2D eigenvalue weighted by Crippen LogP contribution is -2.53. The van der Waals surface area contributed by atoms with Gasteiger partial charge in [0, 0.05) is 17.6 Å². The molecule has 0 bridgehead atoms. The van der Waals surface area contributed by atoms with Gasteiger partial charge in [-0.3, -0.25) is 9.80 Å². The molecule has 2 aliphatic heterocycles. The molecular formula is C25H50N2. The molecule has 0 radical (unpaired) electrons. The van der Waals surface area contributed by atoms with Gasteiger partial charge in [0.2, 0.25) is 0 Å². The number of likely N-dealkylation sites (tertiary alicyclic amines) is 2. The summed E-state index contributed by atoms with van der Waals surface area (Å²) in [5.74, 6) is 1.74. The average Bonchev–Trinajstić information content (AvgIpc) is 2.52. The summed E-state index contributed by atoms with van der Waals surface area (Å²) in [6.45, 7) is 28.4. The van der Waals surface area contributed by atoms with E-state index in [-0.39, 0.29) is 0 Å². The van der Waals surface area contributed by atoms with Crippen molar-refractivity contribution < 1.29 is 0 Å². The molecule has 2 rings (SSSR count). The van der Waals surface area contributed by atoms with E-state index in [0.717, 1.165) is 17.9 Å². The molecular weight excluding hydrogens is 328 g/mol. The molecule has 160 valence electrons. The standard InChI is InChI=1S/C25H50N2/c1-19(2)27-16-13-22(17-20(27)3)24(7,8)18-25(9,10)26-14-11-21(12-15-26)23(4,5)6/h19-22H,11-18H2,1-10H3. The molecule has 2 heteroatoms. The van der Waals surface area contributed by atoms with Crippen molar-refractivity contribution in [1.29, 1.82) is 0 Å². The minimum Gasteiger partial charge on any atom is -0.298 e. The van der Waals surface area contributed by atoms with Crippen LogP contribution in [0.2, 0.25) is 0 Å². The molecule has 0 aromatic carbocycles. The van der Waals surface area contributed by atoms with E-state index >= 15 is 0 Å². The summed E-state index contributed by atoms with van der Waals surface area (Å²) < 4.78 is 0. The fourth-order valence-electron chi connectivity index (χ4n) is 6.39. The first-order valence-corrected chi connectivity index (χ1v) is 11.7. The van der Waals surface area contributed by atoms with E-state index in [4.69, 9.17) is 0 Å². The number of piperidine rings is 2. The van der Waals surface area contributed by atoms with Gasteiger partial charge in [0.05, 0.1) is 0 Å². The Hall–Kier alpha value is -0.0800. The maximum absolute atomic E-state index is 2.81. The van der Waals surface area contributed by atoms with E-state index in [1.165, 1.54) is 51.7 Å². The fraction of sp³-hybridized carbons (Fsp3) is 1.00. The number of nitrogens with zero attached hydrogens (tertiary/aromatic N) is 2. The van der Waals surface area contributed by atoms with Crippen molar-refractivity contribution in [2.75, 3.05) is 19.6 Å². The molecule has 2 atom stereocenters. The van der Waals surface area contributed by atoms with Gasteiger partial charge in [-0.1, -0.05) is 34.6 Å². The van der Waals surface area contributed by atoms with Crippen LogP contribution in [-0.4, -0.2) is 47.1 Å². The molecule has 2 aliphatic rings. The first-order chi connectivity index (χ1) is 12.2. The molecule has 2 unspecified atom stereocenters. The summed E-state index contributed by atoms with van der Waals surface area (Å²) >= 11 is 0. The summed E-state index contributed by atoms with van der Waals surface area (Å²) in [5.41, 5.74) is 1.20. The predicted molar refractivity (Wildman–Crippen MR) is 120 cm³/mol. The van der Waals surface area contributed by atoms with Gasteiger partial charge in [0.15, 0.2) is 0 Å². The van der Waals surface area contributed by atoms with Crippen LogP contribution in [0.5, 0.6) is 0 Å². The van der Waals surface area contributed by atoms with Crippen molar-refractivity contribution in [2.45, 2.75) is 119 Å². The van der Waals surface area contributed by atoms with E-state index in [0.29, 0.717) is 22.4 Å². The zero-order chi connectivity index (χ0) is 20.6. The third kappa shape index (κ3) is 5.72. The van der Waals surface area contributed by atoms with Crippen LogP contribution in [0, 0.1) is 22.7 Å². The molecule has 0 spiro atoms. The zero-order valence-electron chi connectivity index (χ0n) is 20.4.